The van der Waals surface area contributed by atoms with Gasteiger partial charge in [-0.3, -0.25) is 0 Å². The van der Waals surface area contributed by atoms with Crippen LogP contribution in [0.25, 0.3) is 12.2 Å². The lowest BCUT2D eigenvalue weighted by molar-refractivity contribution is -0.460. The average Bonchev–Trinajstić information content (AvgIpc) is 3.02. The van der Waals surface area contributed by atoms with Gasteiger partial charge in [-0.2, -0.15) is 0 Å². The number of carbonyl (C=O) groups is 3. The first kappa shape index (κ1) is 34.2. The van der Waals surface area contributed by atoms with E-state index in [0.717, 1.165) is 19.3 Å². The van der Waals surface area contributed by atoms with Crippen molar-refractivity contribution in [3.05, 3.63) is 59.7 Å². The van der Waals surface area contributed by atoms with Crippen LogP contribution >= 0.6 is 0 Å². The first-order valence-electron chi connectivity index (χ1n) is 14.1. The Kier molecular flexibility index (Phi) is 9.97. The third kappa shape index (κ3) is 6.94. The number of hydrogen-bond donors (Lipinski definition) is 4. The van der Waals surface area contributed by atoms with Crippen molar-refractivity contribution in [1.29, 1.82) is 0 Å². The summed E-state index contributed by atoms with van der Waals surface area (Å²) in [5.74, 6) is -7.31. The summed E-state index contributed by atoms with van der Waals surface area (Å²) in [6, 6.07) is 7.82. The van der Waals surface area contributed by atoms with Crippen LogP contribution in [-0.4, -0.2) is 95.2 Å². The van der Waals surface area contributed by atoms with E-state index < -0.39 is 65.6 Å². The number of phenols is 4. The van der Waals surface area contributed by atoms with Crippen molar-refractivity contribution >= 4 is 30.1 Å². The van der Waals surface area contributed by atoms with Gasteiger partial charge in [0.15, 0.2) is 23.0 Å². The molecule has 0 unspecified atom stereocenters. The summed E-state index contributed by atoms with van der Waals surface area (Å²) in [5.41, 5.74) is -1.30. The summed E-state index contributed by atoms with van der Waals surface area (Å²) < 4.78 is 40.3. The Bertz CT molecular complexity index is 1530. The van der Waals surface area contributed by atoms with Crippen molar-refractivity contribution in [1.82, 2.24) is 0 Å². The number of carbonyl (C=O) groups excluding carboxylic acids is 3. The molecule has 4 N–H and O–H groups in total. The number of benzene rings is 2. The fraction of sp³-hybridized carbons (Fsp3) is 0.406. The molecule has 6 atom stereocenters. The van der Waals surface area contributed by atoms with Crippen LogP contribution < -0.4 is 0 Å². The number of hydrogen-bond acceptors (Lipinski definition) is 14. The summed E-state index contributed by atoms with van der Waals surface area (Å²) in [6.45, 7) is 3.12. The largest absolute Gasteiger partial charge is 0.504 e. The molecule has 0 amide bonds. The van der Waals surface area contributed by atoms with Gasteiger partial charge in [0, 0.05) is 39.2 Å². The molecule has 1 saturated carbocycles. The number of methoxy groups -OCH3 is 3. The second kappa shape index (κ2) is 13.4. The smallest absolute Gasteiger partial charge is 0.350 e. The normalized spacial score (nSPS) is 29.3. The molecular weight excluding hydrogens is 608 g/mol. The van der Waals surface area contributed by atoms with Gasteiger partial charge in [0.2, 0.25) is 17.2 Å². The van der Waals surface area contributed by atoms with Crippen molar-refractivity contribution < 1.29 is 68.0 Å². The molecule has 4 rings (SSSR count). The van der Waals surface area contributed by atoms with E-state index in [-0.39, 0.29) is 23.7 Å². The maximum absolute atomic E-state index is 13.3. The van der Waals surface area contributed by atoms with Crippen molar-refractivity contribution in [3.8, 4) is 23.0 Å². The minimum atomic E-state index is -2.02. The Labute approximate surface area is 264 Å². The fourth-order valence-electron chi connectivity index (χ4n) is 5.31. The van der Waals surface area contributed by atoms with Gasteiger partial charge in [-0.05, 0) is 61.4 Å². The Balaban J connectivity index is 1.66. The standard InChI is InChI=1S/C32H36O14/c1-30(41-4)31(2,42-5)46-28-24(43-26(37)12-8-18-6-10-20(33)22(35)14-18)16-32(29(39)40-3,17-25(28)44-30)45-27(38)13-9-19-7-11-21(34)23(36)15-19/h6-15,24-25,28,33-36H,16-17H2,1-5H3/b12-8+,13-9+/t24-,25+,28+,30-,31-,32-/m0/s1. The zero-order valence-corrected chi connectivity index (χ0v) is 25.8. The molecule has 0 spiro atoms. The molecule has 14 heteroatoms. The second-order valence-electron chi connectivity index (χ2n) is 11.0. The molecule has 1 saturated heterocycles. The maximum Gasteiger partial charge on any atom is 0.350 e. The Morgan fingerprint density at radius 2 is 1.28 bits per heavy atom. The number of aromatic hydroxyl groups is 4. The minimum absolute atomic E-state index is 0.278. The van der Waals surface area contributed by atoms with Crippen LogP contribution in [-0.2, 0) is 47.5 Å². The van der Waals surface area contributed by atoms with Crippen molar-refractivity contribution in [2.24, 2.45) is 0 Å². The second-order valence-corrected chi connectivity index (χ2v) is 11.0. The molecule has 14 nitrogen and oxygen atoms in total. The number of fused-ring (bicyclic) bond motifs is 1. The Morgan fingerprint density at radius 1 is 0.761 bits per heavy atom. The highest BCUT2D eigenvalue weighted by molar-refractivity contribution is 5.91. The quantitative estimate of drug-likeness (QED) is 0.135. The van der Waals surface area contributed by atoms with Crippen molar-refractivity contribution in [2.75, 3.05) is 21.3 Å². The summed E-state index contributed by atoms with van der Waals surface area (Å²) in [4.78, 5) is 39.5. The molecule has 1 aliphatic carbocycles. The van der Waals surface area contributed by atoms with Crippen molar-refractivity contribution in [3.63, 3.8) is 0 Å². The molecule has 1 heterocycles. The predicted octanol–water partition coefficient (Wildman–Crippen LogP) is 2.91. The predicted molar refractivity (Wildman–Crippen MR) is 158 cm³/mol. The molecule has 1 aliphatic heterocycles. The van der Waals surface area contributed by atoms with Crippen LogP contribution in [0.3, 0.4) is 0 Å². The summed E-state index contributed by atoms with van der Waals surface area (Å²) in [6.07, 6.45) is 0.692. The third-order valence-corrected chi connectivity index (χ3v) is 8.08. The first-order chi connectivity index (χ1) is 21.7. The molecule has 248 valence electrons. The van der Waals surface area contributed by atoms with Gasteiger partial charge in [-0.1, -0.05) is 12.1 Å². The molecule has 2 aromatic rings. The minimum Gasteiger partial charge on any atom is -0.504 e. The van der Waals surface area contributed by atoms with E-state index in [4.69, 9.17) is 33.2 Å². The van der Waals surface area contributed by atoms with Gasteiger partial charge in [-0.15, -0.1) is 0 Å². The zero-order valence-electron chi connectivity index (χ0n) is 25.8. The summed E-state index contributed by atoms with van der Waals surface area (Å²) >= 11 is 0. The van der Waals surface area contributed by atoms with E-state index in [9.17, 15) is 34.8 Å². The lowest BCUT2D eigenvalue weighted by Gasteiger charge is -2.56. The monoisotopic (exact) mass is 644 g/mol. The first-order valence-corrected chi connectivity index (χ1v) is 14.1. The maximum atomic E-state index is 13.3. The number of ether oxygens (including phenoxy) is 7. The van der Waals surface area contributed by atoms with E-state index in [1.54, 1.807) is 13.8 Å². The van der Waals surface area contributed by atoms with Gasteiger partial charge in [0.25, 0.3) is 0 Å². The highest BCUT2D eigenvalue weighted by Gasteiger charge is 2.64. The van der Waals surface area contributed by atoms with Crippen LogP contribution in [0.15, 0.2) is 48.6 Å². The van der Waals surface area contributed by atoms with E-state index in [1.807, 2.05) is 0 Å². The topological polar surface area (TPSA) is 197 Å². The molecule has 46 heavy (non-hydrogen) atoms. The highest BCUT2D eigenvalue weighted by atomic mass is 16.8. The van der Waals surface area contributed by atoms with Gasteiger partial charge >= 0.3 is 17.9 Å². The summed E-state index contributed by atoms with van der Waals surface area (Å²) in [7, 11) is 3.85. The van der Waals surface area contributed by atoms with Crippen LogP contribution in [0.1, 0.15) is 37.8 Å². The SMILES string of the molecule is COC(=O)[C@]1(OC(=O)/C=C/c2ccc(O)c(O)c2)C[C@H](OC(=O)/C=C/c2ccc(O)c(O)c2)[C@H]2O[C@](C)(OC)[C@@](C)(OC)O[C@@H]2C1. The van der Waals surface area contributed by atoms with Gasteiger partial charge in [-0.25, -0.2) is 14.4 Å². The van der Waals surface area contributed by atoms with Gasteiger partial charge in [0.05, 0.1) is 13.2 Å². The molecule has 2 aromatic carbocycles. The van der Waals surface area contributed by atoms with Crippen LogP contribution in [0.2, 0.25) is 0 Å². The number of rotatable bonds is 9. The van der Waals surface area contributed by atoms with Crippen molar-refractivity contribution in [2.45, 2.75) is 62.2 Å². The molecule has 2 aliphatic rings. The lowest BCUT2D eigenvalue weighted by Crippen LogP contribution is -2.71. The van der Waals surface area contributed by atoms with Crippen LogP contribution in [0.4, 0.5) is 0 Å². The van der Waals surface area contributed by atoms with E-state index in [0.29, 0.717) is 11.1 Å². The van der Waals surface area contributed by atoms with Gasteiger partial charge in [0.1, 0.15) is 12.2 Å². The summed E-state index contributed by atoms with van der Waals surface area (Å²) in [5, 5.41) is 38.6. The third-order valence-electron chi connectivity index (χ3n) is 8.08. The van der Waals surface area contributed by atoms with E-state index in [2.05, 4.69) is 0 Å². The van der Waals surface area contributed by atoms with Gasteiger partial charge < -0.3 is 53.6 Å². The molecule has 0 aromatic heterocycles. The molecule has 0 bridgehead atoms. The van der Waals surface area contributed by atoms with Crippen LogP contribution in [0, 0.1) is 0 Å². The Hall–Kier alpha value is -4.63. The lowest BCUT2D eigenvalue weighted by atomic mass is 9.77. The Morgan fingerprint density at radius 3 is 1.78 bits per heavy atom. The number of esters is 3. The molecule has 0 radical (unpaired) electrons. The highest BCUT2D eigenvalue weighted by Crippen LogP contribution is 2.47. The molecule has 2 fully saturated rings. The molecular formula is C32H36O14. The number of phenolic OH excluding ortho intramolecular Hbond substituents is 4. The van der Waals surface area contributed by atoms with E-state index in [1.165, 1.54) is 62.8 Å². The fourth-order valence-corrected chi connectivity index (χ4v) is 5.31. The average molecular weight is 645 g/mol. The van der Waals surface area contributed by atoms with E-state index >= 15 is 0 Å². The van der Waals surface area contributed by atoms with Crippen LogP contribution in [0.5, 0.6) is 23.0 Å². The zero-order chi connectivity index (χ0) is 33.9.